The van der Waals surface area contributed by atoms with E-state index < -0.39 is 0 Å². The van der Waals surface area contributed by atoms with Crippen molar-refractivity contribution < 1.29 is 0 Å². The van der Waals surface area contributed by atoms with Crippen molar-refractivity contribution in [2.75, 3.05) is 0 Å². The van der Waals surface area contributed by atoms with Crippen LogP contribution < -0.4 is 0 Å². The van der Waals surface area contributed by atoms with Crippen LogP contribution in [0.4, 0.5) is 0 Å². The Morgan fingerprint density at radius 1 is 1.17 bits per heavy atom. The molecule has 0 heterocycles. The minimum absolute atomic E-state index is 1.14. The molecule has 0 aliphatic heterocycles. The van der Waals surface area contributed by atoms with Crippen LogP contribution >= 0.6 is 0 Å². The summed E-state index contributed by atoms with van der Waals surface area (Å²) in [6.07, 6.45) is 0. The molecule has 0 N–H and O–H groups in total. The topological polar surface area (TPSA) is 0 Å². The maximum atomic E-state index is 3.89. The summed E-state index contributed by atoms with van der Waals surface area (Å²) in [5.41, 5.74) is 3.70. The fourth-order valence-corrected chi connectivity index (χ4v) is 1.05. The Kier molecular flexibility index (Phi) is 4.78. The predicted octanol–water partition coefficient (Wildman–Crippen LogP) is 3.83. The highest BCUT2D eigenvalue weighted by Crippen LogP contribution is 2.14. The largest absolute Gasteiger partial charge is 0.106 e. The highest BCUT2D eigenvalue weighted by molar-refractivity contribution is 5.63. The summed E-state index contributed by atoms with van der Waals surface area (Å²) in [7, 11) is 0. The Morgan fingerprint density at radius 2 is 1.67 bits per heavy atom. The van der Waals surface area contributed by atoms with Crippen LogP contribution in [0.1, 0.15) is 18.1 Å². The smallest absolute Gasteiger partial charge is 0.0204 e. The maximum absolute atomic E-state index is 3.89. The third-order valence-corrected chi connectivity index (χ3v) is 1.60. The zero-order chi connectivity index (χ0) is 9.56. The van der Waals surface area contributed by atoms with E-state index in [2.05, 4.69) is 38.8 Å². The van der Waals surface area contributed by atoms with E-state index in [9.17, 15) is 0 Å². The van der Waals surface area contributed by atoms with Gasteiger partial charge in [-0.1, -0.05) is 36.4 Å². The maximum Gasteiger partial charge on any atom is -0.0204 e. The lowest BCUT2D eigenvalue weighted by Crippen LogP contribution is -1.81. The summed E-state index contributed by atoms with van der Waals surface area (Å²) in [5, 5.41) is 0. The molecule has 0 amide bonds. The molecule has 0 unspecified atom stereocenters. The van der Waals surface area contributed by atoms with E-state index >= 15 is 0 Å². The van der Waals surface area contributed by atoms with Crippen molar-refractivity contribution in [2.24, 2.45) is 0 Å². The Labute approximate surface area is 75.2 Å². The van der Waals surface area contributed by atoms with Crippen LogP contribution in [0.15, 0.2) is 44.0 Å². The SMILES string of the molecule is C=C.C=C(C)c1ccccc1C. The molecule has 1 rings (SSSR count). The molecular weight excluding hydrogens is 144 g/mol. The number of rotatable bonds is 1. The van der Waals surface area contributed by atoms with Crippen LogP contribution in [-0.4, -0.2) is 0 Å². The Morgan fingerprint density at radius 3 is 2.00 bits per heavy atom. The highest BCUT2D eigenvalue weighted by Gasteiger charge is 1.94. The molecule has 12 heavy (non-hydrogen) atoms. The molecule has 0 spiro atoms. The lowest BCUT2D eigenvalue weighted by molar-refractivity contribution is 1.41. The van der Waals surface area contributed by atoms with Crippen molar-refractivity contribution in [1.82, 2.24) is 0 Å². The molecule has 0 saturated heterocycles. The van der Waals surface area contributed by atoms with Crippen molar-refractivity contribution in [3.05, 3.63) is 55.1 Å². The van der Waals surface area contributed by atoms with Gasteiger partial charge in [0.1, 0.15) is 0 Å². The molecule has 0 nitrogen and oxygen atoms in total. The summed E-state index contributed by atoms with van der Waals surface area (Å²) in [6, 6.07) is 8.28. The van der Waals surface area contributed by atoms with Crippen LogP contribution in [0, 0.1) is 6.92 Å². The second-order valence-corrected chi connectivity index (χ2v) is 2.60. The van der Waals surface area contributed by atoms with E-state index in [4.69, 9.17) is 0 Å². The van der Waals surface area contributed by atoms with Crippen molar-refractivity contribution in [3.8, 4) is 0 Å². The van der Waals surface area contributed by atoms with Gasteiger partial charge in [-0.2, -0.15) is 0 Å². The van der Waals surface area contributed by atoms with Crippen LogP contribution in [0.3, 0.4) is 0 Å². The van der Waals surface area contributed by atoms with E-state index in [0.717, 1.165) is 5.57 Å². The molecule has 0 fully saturated rings. The molecular formula is C12H16. The Balaban J connectivity index is 0.000000561. The molecule has 0 radical (unpaired) electrons. The number of allylic oxidation sites excluding steroid dienone is 1. The zero-order valence-electron chi connectivity index (χ0n) is 7.93. The molecule has 0 saturated carbocycles. The van der Waals surface area contributed by atoms with E-state index in [1.54, 1.807) is 0 Å². The van der Waals surface area contributed by atoms with E-state index in [1.165, 1.54) is 11.1 Å². The fourth-order valence-electron chi connectivity index (χ4n) is 1.05. The standard InChI is InChI=1S/C10H12.C2H4/c1-8(2)10-7-5-4-6-9(10)3;1-2/h4-7H,1H2,2-3H3;1-2H2. The van der Waals surface area contributed by atoms with Crippen molar-refractivity contribution in [3.63, 3.8) is 0 Å². The molecule has 0 aliphatic rings. The van der Waals surface area contributed by atoms with E-state index in [-0.39, 0.29) is 0 Å². The number of hydrogen-bond acceptors (Lipinski definition) is 0. The Hall–Kier alpha value is -1.30. The van der Waals surface area contributed by atoms with Gasteiger partial charge in [0.05, 0.1) is 0 Å². The lowest BCUT2D eigenvalue weighted by Gasteiger charge is -2.02. The average molecular weight is 160 g/mol. The van der Waals surface area contributed by atoms with Gasteiger partial charge in [-0.25, -0.2) is 0 Å². The number of benzene rings is 1. The number of aryl methyl sites for hydroxylation is 1. The summed E-state index contributed by atoms with van der Waals surface area (Å²) >= 11 is 0. The third-order valence-electron chi connectivity index (χ3n) is 1.60. The van der Waals surface area contributed by atoms with Crippen molar-refractivity contribution in [2.45, 2.75) is 13.8 Å². The van der Waals surface area contributed by atoms with Gasteiger partial charge in [0, 0.05) is 0 Å². The van der Waals surface area contributed by atoms with Gasteiger partial charge in [-0.05, 0) is 25.0 Å². The van der Waals surface area contributed by atoms with Gasteiger partial charge < -0.3 is 0 Å². The van der Waals surface area contributed by atoms with Gasteiger partial charge in [0.2, 0.25) is 0 Å². The predicted molar refractivity (Wildman–Crippen MR) is 57.1 cm³/mol. The van der Waals surface area contributed by atoms with Gasteiger partial charge in [0.25, 0.3) is 0 Å². The summed E-state index contributed by atoms with van der Waals surface area (Å²) < 4.78 is 0. The lowest BCUT2D eigenvalue weighted by atomic mass is 10.0. The van der Waals surface area contributed by atoms with Gasteiger partial charge in [-0.3, -0.25) is 0 Å². The van der Waals surface area contributed by atoms with Crippen LogP contribution in [0.5, 0.6) is 0 Å². The molecule has 0 aliphatic carbocycles. The molecule has 1 aromatic rings. The molecule has 64 valence electrons. The minimum Gasteiger partial charge on any atom is -0.106 e. The van der Waals surface area contributed by atoms with Crippen LogP contribution in [0.2, 0.25) is 0 Å². The normalized spacial score (nSPS) is 8.17. The quantitative estimate of drug-likeness (QED) is 0.548. The summed E-state index contributed by atoms with van der Waals surface area (Å²) in [4.78, 5) is 0. The van der Waals surface area contributed by atoms with Gasteiger partial charge in [-0.15, -0.1) is 13.2 Å². The average Bonchev–Trinajstić information content (AvgIpc) is 2.08. The van der Waals surface area contributed by atoms with Crippen molar-refractivity contribution in [1.29, 1.82) is 0 Å². The molecule has 0 atom stereocenters. The second-order valence-electron chi connectivity index (χ2n) is 2.60. The first-order chi connectivity index (χ1) is 5.72. The second kappa shape index (κ2) is 5.36. The van der Waals surface area contributed by atoms with Gasteiger partial charge in [0.15, 0.2) is 0 Å². The zero-order valence-corrected chi connectivity index (χ0v) is 7.93. The molecule has 0 aromatic heterocycles. The first kappa shape index (κ1) is 10.7. The minimum atomic E-state index is 1.14. The van der Waals surface area contributed by atoms with E-state index in [1.807, 2.05) is 19.1 Å². The van der Waals surface area contributed by atoms with Crippen LogP contribution in [-0.2, 0) is 0 Å². The summed E-state index contributed by atoms with van der Waals surface area (Å²) in [6.45, 7) is 14.0. The Bertz CT molecular complexity index is 258. The first-order valence-corrected chi connectivity index (χ1v) is 3.93. The van der Waals surface area contributed by atoms with Crippen LogP contribution in [0.25, 0.3) is 5.57 Å². The number of hydrogen-bond donors (Lipinski definition) is 0. The van der Waals surface area contributed by atoms with Crippen molar-refractivity contribution >= 4 is 5.57 Å². The monoisotopic (exact) mass is 160 g/mol. The molecule has 1 aromatic carbocycles. The fraction of sp³-hybridized carbons (Fsp3) is 0.167. The summed E-state index contributed by atoms with van der Waals surface area (Å²) in [5.74, 6) is 0. The molecule has 0 bridgehead atoms. The van der Waals surface area contributed by atoms with E-state index in [0.29, 0.717) is 0 Å². The first-order valence-electron chi connectivity index (χ1n) is 3.93. The highest BCUT2D eigenvalue weighted by atomic mass is 14.0. The third kappa shape index (κ3) is 2.75. The van der Waals surface area contributed by atoms with Gasteiger partial charge >= 0.3 is 0 Å². The molecule has 0 heteroatoms.